The molecule has 9 aromatic carbocycles. The lowest BCUT2D eigenvalue weighted by molar-refractivity contribution is 0.660. The molecule has 0 fully saturated rings. The van der Waals surface area contributed by atoms with Crippen LogP contribution in [0.1, 0.15) is 25.0 Å². The molecule has 0 amide bonds. The molecule has 1 aliphatic carbocycles. The summed E-state index contributed by atoms with van der Waals surface area (Å²) in [5, 5.41) is 8.45. The summed E-state index contributed by atoms with van der Waals surface area (Å²) in [4.78, 5) is 10.6. The van der Waals surface area contributed by atoms with Crippen molar-refractivity contribution in [2.24, 2.45) is 0 Å². The van der Waals surface area contributed by atoms with Gasteiger partial charge in [-0.05, 0) is 94.4 Å². The van der Waals surface area contributed by atoms with Crippen molar-refractivity contribution < 1.29 is 0 Å². The highest BCUT2D eigenvalue weighted by Crippen LogP contribution is 2.52. The van der Waals surface area contributed by atoms with Crippen molar-refractivity contribution in [1.29, 1.82) is 0 Å². The van der Waals surface area contributed by atoms with Crippen molar-refractivity contribution in [1.82, 2.24) is 19.1 Å². The second-order valence-electron chi connectivity index (χ2n) is 16.9. The molecule has 0 N–H and O–H groups in total. The van der Waals surface area contributed by atoms with Crippen LogP contribution in [0.25, 0.3) is 110 Å². The van der Waals surface area contributed by atoms with E-state index in [1.54, 1.807) is 0 Å². The smallest absolute Gasteiger partial charge is 0.160 e. The van der Waals surface area contributed by atoms with Crippen LogP contribution in [-0.2, 0) is 5.41 Å². The minimum absolute atomic E-state index is 0.102. The molecule has 4 nitrogen and oxygen atoms in total. The van der Waals surface area contributed by atoms with Gasteiger partial charge in [0, 0.05) is 54.5 Å². The van der Waals surface area contributed by atoms with Crippen LogP contribution >= 0.6 is 0 Å². The number of para-hydroxylation sites is 4. The molecule has 0 atom stereocenters. The first-order valence-electron chi connectivity index (χ1n) is 21.1. The highest BCUT2D eigenvalue weighted by atomic mass is 15.0. The third-order valence-electron chi connectivity index (χ3n) is 13.3. The quantitative estimate of drug-likeness (QED) is 0.178. The van der Waals surface area contributed by atoms with Crippen molar-refractivity contribution >= 4 is 65.3 Å². The van der Waals surface area contributed by atoms with Gasteiger partial charge in [-0.2, -0.15) is 0 Å². The number of aromatic nitrogens is 4. The lowest BCUT2D eigenvalue weighted by Gasteiger charge is -2.21. The number of benzene rings is 9. The average molecular weight is 779 g/mol. The van der Waals surface area contributed by atoms with Gasteiger partial charge in [0.15, 0.2) is 5.82 Å². The van der Waals surface area contributed by atoms with E-state index in [2.05, 4.69) is 217 Å². The Balaban J connectivity index is 0.987. The Kier molecular flexibility index (Phi) is 7.04. The first-order chi connectivity index (χ1) is 30.0. The van der Waals surface area contributed by atoms with Gasteiger partial charge in [0.05, 0.1) is 39.0 Å². The molecule has 1 aliphatic rings. The molecule has 3 aromatic heterocycles. The first kappa shape index (κ1) is 34.1. The van der Waals surface area contributed by atoms with Crippen molar-refractivity contribution in [3.05, 3.63) is 205 Å². The average Bonchev–Trinajstić information content (AvgIpc) is 3.90. The Morgan fingerprint density at radius 3 is 1.75 bits per heavy atom. The summed E-state index contributed by atoms with van der Waals surface area (Å²) in [5.41, 5.74) is 16.2. The third-order valence-corrected chi connectivity index (χ3v) is 13.3. The zero-order valence-corrected chi connectivity index (χ0v) is 33.8. The number of fused-ring (bicyclic) bond motifs is 11. The molecule has 286 valence electrons. The van der Waals surface area contributed by atoms with E-state index in [-0.39, 0.29) is 5.41 Å². The van der Waals surface area contributed by atoms with Crippen LogP contribution in [0.3, 0.4) is 0 Å². The number of hydrogen-bond acceptors (Lipinski definition) is 2. The fourth-order valence-corrected chi connectivity index (χ4v) is 10.5. The topological polar surface area (TPSA) is 35.6 Å². The lowest BCUT2D eigenvalue weighted by atomic mass is 9.82. The van der Waals surface area contributed by atoms with Crippen LogP contribution < -0.4 is 0 Å². The van der Waals surface area contributed by atoms with E-state index in [1.807, 2.05) is 0 Å². The first-order valence-corrected chi connectivity index (χ1v) is 21.1. The van der Waals surface area contributed by atoms with Crippen LogP contribution in [0.5, 0.6) is 0 Å². The Morgan fingerprint density at radius 1 is 0.410 bits per heavy atom. The normalized spacial score (nSPS) is 13.2. The molecule has 4 heteroatoms. The molecule has 3 heterocycles. The van der Waals surface area contributed by atoms with Gasteiger partial charge in [0.25, 0.3) is 0 Å². The van der Waals surface area contributed by atoms with Crippen LogP contribution in [0.15, 0.2) is 194 Å². The van der Waals surface area contributed by atoms with E-state index in [1.165, 1.54) is 82.3 Å². The molecule has 13 rings (SSSR count). The molecule has 0 spiro atoms. The third kappa shape index (κ3) is 4.82. The fourth-order valence-electron chi connectivity index (χ4n) is 10.5. The van der Waals surface area contributed by atoms with Crippen molar-refractivity contribution in [2.45, 2.75) is 19.3 Å². The van der Waals surface area contributed by atoms with E-state index in [4.69, 9.17) is 9.97 Å². The Hall–Kier alpha value is -7.82. The molecule has 12 aromatic rings. The number of nitrogens with zero attached hydrogens (tertiary/aromatic N) is 4. The molecule has 0 saturated heterocycles. The highest BCUT2D eigenvalue weighted by Gasteiger charge is 2.37. The van der Waals surface area contributed by atoms with Gasteiger partial charge in [0.1, 0.15) is 0 Å². The Morgan fingerprint density at radius 2 is 1.00 bits per heavy atom. The van der Waals surface area contributed by atoms with Gasteiger partial charge in [0.2, 0.25) is 0 Å². The Bertz CT molecular complexity index is 3740. The summed E-state index contributed by atoms with van der Waals surface area (Å²) in [7, 11) is 0. The minimum Gasteiger partial charge on any atom is -0.309 e. The van der Waals surface area contributed by atoms with Crippen molar-refractivity contribution in [3.8, 4) is 45.1 Å². The predicted molar refractivity (Wildman–Crippen MR) is 254 cm³/mol. The molecule has 0 unspecified atom stereocenters. The van der Waals surface area contributed by atoms with E-state index >= 15 is 0 Å². The summed E-state index contributed by atoms with van der Waals surface area (Å²) >= 11 is 0. The maximum absolute atomic E-state index is 5.42. The zero-order valence-electron chi connectivity index (χ0n) is 33.8. The van der Waals surface area contributed by atoms with Crippen LogP contribution in [0, 0.1) is 0 Å². The molecular formula is C57H38N4. The van der Waals surface area contributed by atoms with Gasteiger partial charge in [-0.1, -0.05) is 141 Å². The van der Waals surface area contributed by atoms with Crippen LogP contribution in [0.2, 0.25) is 0 Å². The standard InChI is InChI=1S/C57H38N4/c1-57(2)46-22-8-3-19-41(46)54-43(21-14-23-47(54)57)55-42-20-4-9-24-48(42)58-56(59-55)35-29-31-37(32-30-35)60-49-25-10-7-18-40(49)45-33-36-15-13-28-52(44(36)34-53(45)60)61-50-26-11-5-16-38(50)39-17-6-12-27-51(39)61/h3-34H,1-2H3. The van der Waals surface area contributed by atoms with E-state index < -0.39 is 0 Å². The monoisotopic (exact) mass is 778 g/mol. The molecular weight excluding hydrogens is 741 g/mol. The Labute approximate surface area is 352 Å². The number of rotatable bonds is 4. The molecule has 0 saturated carbocycles. The van der Waals surface area contributed by atoms with E-state index in [0.717, 1.165) is 33.4 Å². The molecule has 0 radical (unpaired) electrons. The fraction of sp³-hybridized carbons (Fsp3) is 0.0526. The van der Waals surface area contributed by atoms with Crippen LogP contribution in [0.4, 0.5) is 0 Å². The van der Waals surface area contributed by atoms with Crippen LogP contribution in [-0.4, -0.2) is 19.1 Å². The summed E-state index contributed by atoms with van der Waals surface area (Å²) in [6.07, 6.45) is 0. The predicted octanol–water partition coefficient (Wildman–Crippen LogP) is 14.6. The largest absolute Gasteiger partial charge is 0.309 e. The summed E-state index contributed by atoms with van der Waals surface area (Å²) in [6, 6.07) is 70.5. The zero-order chi connectivity index (χ0) is 40.4. The summed E-state index contributed by atoms with van der Waals surface area (Å²) < 4.78 is 4.84. The maximum atomic E-state index is 5.42. The second-order valence-corrected chi connectivity index (χ2v) is 16.9. The molecule has 0 aliphatic heterocycles. The van der Waals surface area contributed by atoms with E-state index in [9.17, 15) is 0 Å². The van der Waals surface area contributed by atoms with Gasteiger partial charge in [-0.3, -0.25) is 0 Å². The molecule has 0 bridgehead atoms. The van der Waals surface area contributed by atoms with E-state index in [0.29, 0.717) is 5.82 Å². The highest BCUT2D eigenvalue weighted by molar-refractivity contribution is 6.16. The summed E-state index contributed by atoms with van der Waals surface area (Å²) in [5.74, 6) is 0.715. The molecule has 61 heavy (non-hydrogen) atoms. The van der Waals surface area contributed by atoms with Crippen molar-refractivity contribution in [3.63, 3.8) is 0 Å². The lowest BCUT2D eigenvalue weighted by Crippen LogP contribution is -2.14. The van der Waals surface area contributed by atoms with Gasteiger partial charge in [-0.15, -0.1) is 0 Å². The SMILES string of the molecule is CC1(C)c2ccccc2-c2c(-c3nc(-c4ccc(-n5c6ccccc6c6cc7cccc(-n8c9ccccc9c9ccccc98)c7cc65)cc4)nc4ccccc34)cccc21. The number of hydrogen-bond donors (Lipinski definition) is 0. The van der Waals surface area contributed by atoms with Gasteiger partial charge >= 0.3 is 0 Å². The maximum Gasteiger partial charge on any atom is 0.160 e. The minimum atomic E-state index is -0.102. The second kappa shape index (κ2) is 12.6. The van der Waals surface area contributed by atoms with Gasteiger partial charge in [-0.25, -0.2) is 9.97 Å². The van der Waals surface area contributed by atoms with Crippen molar-refractivity contribution in [2.75, 3.05) is 0 Å². The van der Waals surface area contributed by atoms with Gasteiger partial charge < -0.3 is 9.13 Å². The summed E-state index contributed by atoms with van der Waals surface area (Å²) in [6.45, 7) is 4.66.